The maximum Gasteiger partial charge on any atom is 0.246 e. The van der Waals surface area contributed by atoms with Crippen LogP contribution in [0.3, 0.4) is 0 Å². The van der Waals surface area contributed by atoms with Gasteiger partial charge in [0.15, 0.2) is 5.96 Å². The average molecular weight is 377 g/mol. The van der Waals surface area contributed by atoms with Crippen molar-refractivity contribution in [3.05, 3.63) is 52.5 Å². The Bertz CT molecular complexity index is 744. The molecule has 1 heterocycles. The van der Waals surface area contributed by atoms with Gasteiger partial charge in [0.05, 0.1) is 0 Å². The van der Waals surface area contributed by atoms with Crippen LogP contribution < -0.4 is 16.0 Å². The summed E-state index contributed by atoms with van der Waals surface area (Å²) in [6.45, 7) is 7.61. The first-order chi connectivity index (χ1) is 12.4. The Morgan fingerprint density at radius 2 is 2.04 bits per heavy atom. The molecule has 0 fully saturated rings. The highest BCUT2D eigenvalue weighted by Gasteiger charge is 2.21. The van der Waals surface area contributed by atoms with Crippen molar-refractivity contribution in [3.63, 3.8) is 0 Å². The molecule has 5 nitrogen and oxygen atoms in total. The van der Waals surface area contributed by atoms with Crippen molar-refractivity contribution in [3.8, 4) is 0 Å². The van der Waals surface area contributed by atoms with E-state index in [0.717, 1.165) is 0 Å². The molecule has 0 bridgehead atoms. The maximum atomic E-state index is 13.2. The number of hydrogen-bond donors (Lipinski definition) is 3. The predicted molar refractivity (Wildman–Crippen MR) is 106 cm³/mol. The highest BCUT2D eigenvalue weighted by atomic mass is 32.1. The van der Waals surface area contributed by atoms with Crippen molar-refractivity contribution < 1.29 is 9.18 Å². The first-order valence-corrected chi connectivity index (χ1v) is 9.40. The zero-order valence-electron chi connectivity index (χ0n) is 15.3. The van der Waals surface area contributed by atoms with Crippen molar-refractivity contribution in [1.82, 2.24) is 10.6 Å². The number of benzene rings is 1. The fourth-order valence-corrected chi connectivity index (χ4v) is 3.17. The molecule has 0 atom stereocenters. The summed E-state index contributed by atoms with van der Waals surface area (Å²) in [6.07, 6.45) is 0. The van der Waals surface area contributed by atoms with Gasteiger partial charge in [-0.1, -0.05) is 26.0 Å². The molecule has 0 saturated heterocycles. The van der Waals surface area contributed by atoms with Gasteiger partial charge in [-0.15, -0.1) is 11.3 Å². The number of thiophene rings is 1. The number of hydrogen-bond acceptors (Lipinski definition) is 3. The molecular formula is C19H25FN4OS. The number of anilines is 1. The molecule has 1 aromatic heterocycles. The Morgan fingerprint density at radius 1 is 1.23 bits per heavy atom. The van der Waals surface area contributed by atoms with E-state index in [2.05, 4.69) is 46.2 Å². The molecule has 0 saturated carbocycles. The highest BCUT2D eigenvalue weighted by Crippen LogP contribution is 2.26. The summed E-state index contributed by atoms with van der Waals surface area (Å²) < 4.78 is 13.2. The van der Waals surface area contributed by atoms with E-state index in [4.69, 9.17) is 0 Å². The van der Waals surface area contributed by atoms with Crippen molar-refractivity contribution in [2.24, 2.45) is 4.99 Å². The van der Waals surface area contributed by atoms with Crippen LogP contribution in [0.25, 0.3) is 0 Å². The van der Waals surface area contributed by atoms with Gasteiger partial charge in [-0.2, -0.15) is 0 Å². The molecule has 0 radical (unpaired) electrons. The molecule has 0 aliphatic rings. The standard InChI is InChI=1S/C19H25FN4OS/c1-4-21-18(23-13-19(2,3)16-9-6-10-26-16)22-12-17(25)24-15-8-5-7-14(20)11-15/h5-11H,4,12-13H2,1-3H3,(H,24,25)(H2,21,22,23). The van der Waals surface area contributed by atoms with Gasteiger partial charge < -0.3 is 16.0 Å². The lowest BCUT2D eigenvalue weighted by molar-refractivity contribution is -0.114. The average Bonchev–Trinajstić information content (AvgIpc) is 3.13. The Balaban J connectivity index is 1.92. The van der Waals surface area contributed by atoms with E-state index in [1.807, 2.05) is 13.0 Å². The summed E-state index contributed by atoms with van der Waals surface area (Å²) in [7, 11) is 0. The molecule has 0 spiro atoms. The number of halogens is 1. The van der Waals surface area contributed by atoms with Crippen LogP contribution in [-0.4, -0.2) is 31.5 Å². The molecule has 2 rings (SSSR count). The number of guanidine groups is 1. The molecule has 140 valence electrons. The fraction of sp³-hybridized carbons (Fsp3) is 0.368. The van der Waals surface area contributed by atoms with Crippen LogP contribution in [0.15, 0.2) is 46.8 Å². The summed E-state index contributed by atoms with van der Waals surface area (Å²) in [5.74, 6) is -0.117. The summed E-state index contributed by atoms with van der Waals surface area (Å²) >= 11 is 1.72. The van der Waals surface area contributed by atoms with Crippen molar-refractivity contribution in [2.75, 3.05) is 25.0 Å². The van der Waals surface area contributed by atoms with Crippen LogP contribution in [0.4, 0.5) is 10.1 Å². The van der Waals surface area contributed by atoms with Gasteiger partial charge in [0.1, 0.15) is 12.4 Å². The third kappa shape index (κ3) is 6.15. The predicted octanol–water partition coefficient (Wildman–Crippen LogP) is 3.36. The second-order valence-corrected chi connectivity index (χ2v) is 7.42. The number of carbonyl (C=O) groups is 1. The highest BCUT2D eigenvalue weighted by molar-refractivity contribution is 7.10. The molecular weight excluding hydrogens is 351 g/mol. The van der Waals surface area contributed by atoms with E-state index >= 15 is 0 Å². The lowest BCUT2D eigenvalue weighted by atomic mass is 9.91. The summed E-state index contributed by atoms with van der Waals surface area (Å²) in [5.41, 5.74) is 0.371. The molecule has 0 aliphatic carbocycles. The van der Waals surface area contributed by atoms with Gasteiger partial charge in [0.25, 0.3) is 0 Å². The van der Waals surface area contributed by atoms with Gasteiger partial charge in [0.2, 0.25) is 5.91 Å². The second kappa shape index (κ2) is 9.33. The van der Waals surface area contributed by atoms with Crippen LogP contribution in [0.5, 0.6) is 0 Å². The zero-order valence-corrected chi connectivity index (χ0v) is 16.1. The molecule has 7 heteroatoms. The Labute approximate surface area is 157 Å². The Hall–Kier alpha value is -2.41. The van der Waals surface area contributed by atoms with Gasteiger partial charge in [-0.3, -0.25) is 4.79 Å². The fourth-order valence-electron chi connectivity index (χ4n) is 2.31. The van der Waals surface area contributed by atoms with E-state index in [9.17, 15) is 9.18 Å². The quantitative estimate of drug-likeness (QED) is 0.513. The number of carbonyl (C=O) groups excluding carboxylic acids is 1. The topological polar surface area (TPSA) is 65.5 Å². The monoisotopic (exact) mass is 376 g/mol. The minimum Gasteiger partial charge on any atom is -0.357 e. The SMILES string of the molecule is CCNC(=NCC(=O)Nc1cccc(F)c1)NCC(C)(C)c1cccs1. The summed E-state index contributed by atoms with van der Waals surface area (Å²) in [4.78, 5) is 17.6. The minimum atomic E-state index is -0.392. The Kier molecular flexibility index (Phi) is 7.15. The number of nitrogens with one attached hydrogen (secondary N) is 3. The number of rotatable bonds is 7. The zero-order chi connectivity index (χ0) is 19.0. The van der Waals surface area contributed by atoms with E-state index < -0.39 is 5.82 Å². The molecule has 26 heavy (non-hydrogen) atoms. The van der Waals surface area contributed by atoms with Gasteiger partial charge in [-0.05, 0) is 36.6 Å². The molecule has 3 N–H and O–H groups in total. The van der Waals surface area contributed by atoms with E-state index in [1.165, 1.54) is 17.0 Å². The van der Waals surface area contributed by atoms with Crippen LogP contribution in [0.2, 0.25) is 0 Å². The first kappa shape index (κ1) is 19.9. The van der Waals surface area contributed by atoms with Crippen molar-refractivity contribution in [1.29, 1.82) is 0 Å². The number of aliphatic imine (C=N–C) groups is 1. The minimum absolute atomic E-state index is 0.0474. The molecule has 1 aromatic carbocycles. The Morgan fingerprint density at radius 3 is 2.69 bits per heavy atom. The molecule has 2 aromatic rings. The third-order valence-electron chi connectivity index (χ3n) is 3.72. The van der Waals surface area contributed by atoms with Crippen LogP contribution in [-0.2, 0) is 10.2 Å². The molecule has 1 amide bonds. The lowest BCUT2D eigenvalue weighted by Gasteiger charge is -2.25. The second-order valence-electron chi connectivity index (χ2n) is 6.47. The summed E-state index contributed by atoms with van der Waals surface area (Å²) in [6, 6.07) is 9.94. The van der Waals surface area contributed by atoms with Crippen LogP contribution >= 0.6 is 11.3 Å². The van der Waals surface area contributed by atoms with Crippen molar-refractivity contribution in [2.45, 2.75) is 26.2 Å². The lowest BCUT2D eigenvalue weighted by Crippen LogP contribution is -2.43. The smallest absolute Gasteiger partial charge is 0.246 e. The maximum absolute atomic E-state index is 13.2. The van der Waals surface area contributed by atoms with Gasteiger partial charge in [0, 0.05) is 29.1 Å². The van der Waals surface area contributed by atoms with E-state index in [1.54, 1.807) is 23.5 Å². The van der Waals surface area contributed by atoms with Crippen LogP contribution in [0, 0.1) is 5.82 Å². The van der Waals surface area contributed by atoms with E-state index in [0.29, 0.717) is 24.7 Å². The van der Waals surface area contributed by atoms with E-state index in [-0.39, 0.29) is 17.9 Å². The normalized spacial score (nSPS) is 11.9. The van der Waals surface area contributed by atoms with Gasteiger partial charge in [-0.25, -0.2) is 9.38 Å². The van der Waals surface area contributed by atoms with Crippen LogP contribution in [0.1, 0.15) is 25.6 Å². The number of nitrogens with zero attached hydrogens (tertiary/aromatic N) is 1. The first-order valence-electron chi connectivity index (χ1n) is 8.52. The largest absolute Gasteiger partial charge is 0.357 e. The third-order valence-corrected chi connectivity index (χ3v) is 4.96. The van der Waals surface area contributed by atoms with Gasteiger partial charge >= 0.3 is 0 Å². The molecule has 0 unspecified atom stereocenters. The number of amides is 1. The molecule has 0 aliphatic heterocycles. The van der Waals surface area contributed by atoms with Crippen molar-refractivity contribution >= 4 is 28.9 Å². The summed E-state index contributed by atoms with van der Waals surface area (Å²) in [5, 5.41) is 11.1.